The van der Waals surface area contributed by atoms with Gasteiger partial charge < -0.3 is 18.9 Å². The Balaban J connectivity index is 1.77. The third-order valence-electron chi connectivity index (χ3n) is 5.14. The molecule has 0 N–H and O–H groups in total. The summed E-state index contributed by atoms with van der Waals surface area (Å²) in [6.45, 7) is 6.20. The van der Waals surface area contributed by atoms with Gasteiger partial charge in [0.1, 0.15) is 30.1 Å². The van der Waals surface area contributed by atoms with Crippen LogP contribution in [0.25, 0.3) is 11.1 Å². The van der Waals surface area contributed by atoms with E-state index in [0.717, 1.165) is 5.56 Å². The summed E-state index contributed by atoms with van der Waals surface area (Å²) in [4.78, 5) is 44.6. The molecule has 10 nitrogen and oxygen atoms in total. The molecule has 1 aliphatic heterocycles. The number of benzene rings is 1. The highest BCUT2D eigenvalue weighted by Gasteiger charge is 2.32. The number of carbonyl (C=O) groups excluding carboxylic acids is 2. The van der Waals surface area contributed by atoms with Crippen molar-refractivity contribution in [1.29, 1.82) is 0 Å². The van der Waals surface area contributed by atoms with Gasteiger partial charge in [-0.1, -0.05) is 18.1 Å². The molecule has 10 heteroatoms. The number of fused-ring (bicyclic) bond motifs is 2. The van der Waals surface area contributed by atoms with Crippen LogP contribution in [0.5, 0.6) is 5.75 Å². The van der Waals surface area contributed by atoms with Crippen molar-refractivity contribution in [1.82, 2.24) is 14.7 Å². The molecule has 0 saturated carbocycles. The fourth-order valence-corrected chi connectivity index (χ4v) is 3.65. The van der Waals surface area contributed by atoms with Gasteiger partial charge in [0.05, 0.1) is 18.8 Å². The van der Waals surface area contributed by atoms with E-state index in [1.165, 1.54) is 10.9 Å². The lowest BCUT2D eigenvalue weighted by Crippen LogP contribution is -2.44. The van der Waals surface area contributed by atoms with Gasteiger partial charge in [0.2, 0.25) is 11.6 Å². The SMILES string of the molecule is CCOC(=O)c1noc2ncn([C@H](CC)C(=O)N3CCOc4ccc(C)cc43)c(=O)c12. The first-order chi connectivity index (χ1) is 15.0. The van der Waals surface area contributed by atoms with Gasteiger partial charge in [0.15, 0.2) is 0 Å². The molecule has 3 aromatic rings. The number of carbonyl (C=O) groups is 2. The van der Waals surface area contributed by atoms with Gasteiger partial charge in [-0.2, -0.15) is 0 Å². The maximum Gasteiger partial charge on any atom is 0.361 e. The number of aromatic nitrogens is 3. The number of anilines is 1. The highest BCUT2D eigenvalue weighted by atomic mass is 16.5. The summed E-state index contributed by atoms with van der Waals surface area (Å²) in [5.74, 6) is -0.436. The first-order valence-corrected chi connectivity index (χ1v) is 10.0. The van der Waals surface area contributed by atoms with E-state index in [2.05, 4.69) is 10.1 Å². The standard InChI is InChI=1S/C21H22N4O6/c1-4-13(19(26)24-8-9-30-15-7-6-12(3)10-14(15)24)25-11-22-18-16(20(25)27)17(23-31-18)21(28)29-5-2/h6-7,10-11,13H,4-5,8-9H2,1-3H3/t13-/m1/s1. The van der Waals surface area contributed by atoms with E-state index in [4.69, 9.17) is 14.0 Å². The van der Waals surface area contributed by atoms with E-state index in [1.54, 1.807) is 18.7 Å². The Morgan fingerprint density at radius 2 is 2.10 bits per heavy atom. The Hall–Kier alpha value is -3.69. The van der Waals surface area contributed by atoms with Crippen LogP contribution in [0.1, 0.15) is 42.4 Å². The van der Waals surface area contributed by atoms with Crippen molar-refractivity contribution in [2.75, 3.05) is 24.7 Å². The normalized spacial score (nSPS) is 14.1. The molecule has 0 saturated heterocycles. The van der Waals surface area contributed by atoms with Gasteiger partial charge in [-0.15, -0.1) is 0 Å². The van der Waals surface area contributed by atoms with Crippen LogP contribution in [0.15, 0.2) is 33.8 Å². The average Bonchev–Trinajstić information content (AvgIpc) is 3.20. The minimum absolute atomic E-state index is 0.0843. The van der Waals surface area contributed by atoms with Crippen LogP contribution in [-0.2, 0) is 9.53 Å². The topological polar surface area (TPSA) is 117 Å². The quantitative estimate of drug-likeness (QED) is 0.570. The molecule has 4 rings (SSSR count). The van der Waals surface area contributed by atoms with Crippen molar-refractivity contribution < 1.29 is 23.6 Å². The third kappa shape index (κ3) is 3.54. The van der Waals surface area contributed by atoms with Crippen LogP contribution in [0.3, 0.4) is 0 Å². The Kier molecular flexibility index (Phi) is 5.45. The van der Waals surface area contributed by atoms with Gasteiger partial charge in [-0.05, 0) is 38.0 Å². The maximum absolute atomic E-state index is 13.5. The molecule has 2 aromatic heterocycles. The fourth-order valence-electron chi connectivity index (χ4n) is 3.65. The van der Waals surface area contributed by atoms with Crippen molar-refractivity contribution in [3.05, 3.63) is 46.1 Å². The molecule has 0 radical (unpaired) electrons. The van der Waals surface area contributed by atoms with Crippen molar-refractivity contribution in [2.45, 2.75) is 33.2 Å². The average molecular weight is 426 g/mol. The molecule has 0 bridgehead atoms. The summed E-state index contributed by atoms with van der Waals surface area (Å²) in [6, 6.07) is 4.78. The molecule has 1 amide bonds. The number of nitrogens with zero attached hydrogens (tertiary/aromatic N) is 4. The predicted octanol–water partition coefficient (Wildman–Crippen LogP) is 2.25. The number of rotatable bonds is 5. The zero-order valence-electron chi connectivity index (χ0n) is 17.5. The lowest BCUT2D eigenvalue weighted by atomic mass is 10.1. The first kappa shape index (κ1) is 20.6. The van der Waals surface area contributed by atoms with Crippen molar-refractivity contribution >= 4 is 28.7 Å². The highest BCUT2D eigenvalue weighted by molar-refractivity contribution is 6.00. The Labute approximate surface area is 177 Å². The molecule has 1 aromatic carbocycles. The van der Waals surface area contributed by atoms with Crippen molar-refractivity contribution in [2.24, 2.45) is 0 Å². The summed E-state index contributed by atoms with van der Waals surface area (Å²) < 4.78 is 16.8. The summed E-state index contributed by atoms with van der Waals surface area (Å²) >= 11 is 0. The number of ether oxygens (including phenoxy) is 2. The molecule has 162 valence electrons. The number of esters is 1. The van der Waals surface area contributed by atoms with E-state index < -0.39 is 17.6 Å². The molecule has 31 heavy (non-hydrogen) atoms. The lowest BCUT2D eigenvalue weighted by molar-refractivity contribution is -0.122. The van der Waals surface area contributed by atoms with Crippen LogP contribution in [-0.4, -0.2) is 46.3 Å². The molecule has 0 aliphatic carbocycles. The third-order valence-corrected chi connectivity index (χ3v) is 5.14. The molecule has 0 unspecified atom stereocenters. The lowest BCUT2D eigenvalue weighted by Gasteiger charge is -2.32. The summed E-state index contributed by atoms with van der Waals surface area (Å²) in [6.07, 6.45) is 1.58. The molecule has 1 aliphatic rings. The molecule has 0 spiro atoms. The smallest absolute Gasteiger partial charge is 0.361 e. The second kappa shape index (κ2) is 8.21. The van der Waals surface area contributed by atoms with Gasteiger partial charge >= 0.3 is 5.97 Å². The Bertz CT molecular complexity index is 1210. The van der Waals surface area contributed by atoms with Crippen molar-refractivity contribution in [3.8, 4) is 5.75 Å². The Morgan fingerprint density at radius 1 is 1.29 bits per heavy atom. The van der Waals surface area contributed by atoms with E-state index in [0.29, 0.717) is 31.0 Å². The maximum atomic E-state index is 13.5. The molecular weight excluding hydrogens is 404 g/mol. The van der Waals surface area contributed by atoms with Crippen LogP contribution in [0, 0.1) is 6.92 Å². The van der Waals surface area contributed by atoms with Crippen LogP contribution >= 0.6 is 0 Å². The minimum Gasteiger partial charge on any atom is -0.490 e. The molecular formula is C21H22N4O6. The van der Waals surface area contributed by atoms with Crippen LogP contribution in [0.2, 0.25) is 0 Å². The number of hydrogen-bond acceptors (Lipinski definition) is 8. The molecule has 0 fully saturated rings. The van der Waals surface area contributed by atoms with Gasteiger partial charge in [0, 0.05) is 0 Å². The van der Waals surface area contributed by atoms with Gasteiger partial charge in [0.25, 0.3) is 11.3 Å². The molecule has 1 atom stereocenters. The highest BCUT2D eigenvalue weighted by Crippen LogP contribution is 2.34. The summed E-state index contributed by atoms with van der Waals surface area (Å²) in [5.41, 5.74) is 0.720. The first-order valence-electron chi connectivity index (χ1n) is 10.0. The largest absolute Gasteiger partial charge is 0.490 e. The number of aryl methyl sites for hydroxylation is 1. The number of hydrogen-bond donors (Lipinski definition) is 0. The number of amides is 1. The summed E-state index contributed by atoms with van der Waals surface area (Å²) in [7, 11) is 0. The van der Waals surface area contributed by atoms with Gasteiger partial charge in [-0.3, -0.25) is 14.2 Å². The second-order valence-corrected chi connectivity index (χ2v) is 7.12. The van der Waals surface area contributed by atoms with E-state index in [1.807, 2.05) is 25.1 Å². The van der Waals surface area contributed by atoms with E-state index in [9.17, 15) is 14.4 Å². The van der Waals surface area contributed by atoms with E-state index in [-0.39, 0.29) is 29.3 Å². The zero-order chi connectivity index (χ0) is 22.1. The van der Waals surface area contributed by atoms with Gasteiger partial charge in [-0.25, -0.2) is 9.78 Å². The van der Waals surface area contributed by atoms with Crippen LogP contribution < -0.4 is 15.2 Å². The monoisotopic (exact) mass is 426 g/mol. The predicted molar refractivity (Wildman–Crippen MR) is 110 cm³/mol. The second-order valence-electron chi connectivity index (χ2n) is 7.12. The molecule has 3 heterocycles. The minimum atomic E-state index is -0.833. The van der Waals surface area contributed by atoms with Crippen molar-refractivity contribution in [3.63, 3.8) is 0 Å². The fraction of sp³-hybridized carbons (Fsp3) is 0.381. The van der Waals surface area contributed by atoms with Crippen LogP contribution in [0.4, 0.5) is 5.69 Å². The van der Waals surface area contributed by atoms with E-state index >= 15 is 0 Å². The zero-order valence-corrected chi connectivity index (χ0v) is 17.5. The summed E-state index contributed by atoms with van der Waals surface area (Å²) in [5, 5.41) is 3.53. The Morgan fingerprint density at radius 3 is 2.84 bits per heavy atom.